The minimum Gasteiger partial charge on any atom is -0.481 e. The van der Waals surface area contributed by atoms with Crippen molar-refractivity contribution in [1.29, 1.82) is 5.26 Å². The summed E-state index contributed by atoms with van der Waals surface area (Å²) in [5.74, 6) is -0.981. The smallest absolute Gasteiger partial charge is 0.317 e. The van der Waals surface area contributed by atoms with Crippen LogP contribution in [0, 0.1) is 17.2 Å². The average Bonchev–Trinajstić information content (AvgIpc) is 2.21. The van der Waals surface area contributed by atoms with Crippen LogP contribution >= 0.6 is 0 Å². The molecule has 2 N–H and O–H groups in total. The lowest BCUT2D eigenvalue weighted by molar-refractivity contribution is -0.137. The number of nitrogens with one attached hydrogen (secondary N) is 1. The quantitative estimate of drug-likeness (QED) is 0.696. The van der Waals surface area contributed by atoms with E-state index in [1.165, 1.54) is 4.90 Å². The Morgan fingerprint density at radius 1 is 1.56 bits per heavy atom. The Morgan fingerprint density at radius 3 is 2.69 bits per heavy atom. The molecule has 0 aliphatic rings. The Balaban J connectivity index is 3.80. The zero-order valence-electron chi connectivity index (χ0n) is 9.56. The zero-order chi connectivity index (χ0) is 12.6. The highest BCUT2D eigenvalue weighted by molar-refractivity contribution is 5.74. The summed E-state index contributed by atoms with van der Waals surface area (Å²) in [6.45, 7) is 2.45. The van der Waals surface area contributed by atoms with Crippen LogP contribution in [0.4, 0.5) is 4.79 Å². The van der Waals surface area contributed by atoms with Crippen molar-refractivity contribution in [2.75, 3.05) is 20.1 Å². The normalized spacial score (nSPS) is 11.3. The van der Waals surface area contributed by atoms with Crippen molar-refractivity contribution in [2.45, 2.75) is 19.8 Å². The van der Waals surface area contributed by atoms with Gasteiger partial charge >= 0.3 is 12.0 Å². The first kappa shape index (κ1) is 14.2. The molecule has 0 rings (SSSR count). The second-order valence-electron chi connectivity index (χ2n) is 3.72. The Morgan fingerprint density at radius 2 is 2.19 bits per heavy atom. The maximum Gasteiger partial charge on any atom is 0.317 e. The van der Waals surface area contributed by atoms with E-state index in [4.69, 9.17) is 10.4 Å². The van der Waals surface area contributed by atoms with Gasteiger partial charge in [0.15, 0.2) is 0 Å². The molecule has 0 saturated heterocycles. The topological polar surface area (TPSA) is 93.4 Å². The van der Waals surface area contributed by atoms with Crippen molar-refractivity contribution < 1.29 is 14.7 Å². The van der Waals surface area contributed by atoms with Crippen LogP contribution in [0.2, 0.25) is 0 Å². The second-order valence-corrected chi connectivity index (χ2v) is 3.72. The Kier molecular flexibility index (Phi) is 6.68. The highest BCUT2D eigenvalue weighted by Crippen LogP contribution is 1.99. The number of rotatable bonds is 6. The fourth-order valence-corrected chi connectivity index (χ4v) is 1.09. The number of nitrogens with zero attached hydrogens (tertiary/aromatic N) is 2. The molecular weight excluding hydrogens is 210 g/mol. The third-order valence-electron chi connectivity index (χ3n) is 2.03. The number of aliphatic carboxylic acids is 1. The SMILES string of the molecule is CC(CNC(=O)N(C)CCC#N)CC(=O)O. The van der Waals surface area contributed by atoms with E-state index in [1.807, 2.05) is 6.07 Å². The molecule has 6 nitrogen and oxygen atoms in total. The van der Waals surface area contributed by atoms with E-state index >= 15 is 0 Å². The van der Waals surface area contributed by atoms with Crippen LogP contribution in [-0.4, -0.2) is 42.1 Å². The van der Waals surface area contributed by atoms with Gasteiger partial charge in [0.1, 0.15) is 0 Å². The van der Waals surface area contributed by atoms with Crippen LogP contribution in [0.3, 0.4) is 0 Å². The Labute approximate surface area is 94.8 Å². The van der Waals surface area contributed by atoms with Crippen LogP contribution in [0.1, 0.15) is 19.8 Å². The first-order valence-corrected chi connectivity index (χ1v) is 5.05. The van der Waals surface area contributed by atoms with E-state index < -0.39 is 5.97 Å². The number of carboxylic acids is 1. The van der Waals surface area contributed by atoms with Gasteiger partial charge in [-0.15, -0.1) is 0 Å². The number of carboxylic acid groups (broad SMARTS) is 1. The number of amides is 2. The van der Waals surface area contributed by atoms with E-state index in [2.05, 4.69) is 5.32 Å². The van der Waals surface area contributed by atoms with Crippen molar-refractivity contribution >= 4 is 12.0 Å². The highest BCUT2D eigenvalue weighted by Gasteiger charge is 2.11. The van der Waals surface area contributed by atoms with Gasteiger partial charge in [-0.25, -0.2) is 4.79 Å². The summed E-state index contributed by atoms with van der Waals surface area (Å²) >= 11 is 0. The summed E-state index contributed by atoms with van der Waals surface area (Å²) in [5, 5.41) is 19.5. The summed E-state index contributed by atoms with van der Waals surface area (Å²) < 4.78 is 0. The lowest BCUT2D eigenvalue weighted by Crippen LogP contribution is -2.39. The first-order chi connectivity index (χ1) is 7.47. The van der Waals surface area contributed by atoms with Gasteiger partial charge in [0.25, 0.3) is 0 Å². The number of hydrogen-bond acceptors (Lipinski definition) is 3. The van der Waals surface area contributed by atoms with Crippen molar-refractivity contribution in [2.24, 2.45) is 5.92 Å². The van der Waals surface area contributed by atoms with Crippen LogP contribution in [-0.2, 0) is 4.79 Å². The van der Waals surface area contributed by atoms with E-state index in [1.54, 1.807) is 14.0 Å². The summed E-state index contributed by atoms with van der Waals surface area (Å²) in [6, 6.07) is 1.66. The molecule has 0 aliphatic heterocycles. The molecule has 0 fully saturated rings. The van der Waals surface area contributed by atoms with E-state index in [9.17, 15) is 9.59 Å². The molecule has 1 unspecified atom stereocenters. The molecule has 0 aromatic carbocycles. The summed E-state index contributed by atoms with van der Waals surface area (Å²) in [5.41, 5.74) is 0. The zero-order valence-corrected chi connectivity index (χ0v) is 9.56. The van der Waals surface area contributed by atoms with Gasteiger partial charge in [-0.05, 0) is 5.92 Å². The number of carbonyl (C=O) groups is 2. The molecule has 0 aliphatic carbocycles. The predicted octanol–water partition coefficient (Wildman–Crippen LogP) is 0.652. The van der Waals surface area contributed by atoms with Crippen LogP contribution in [0.5, 0.6) is 0 Å². The van der Waals surface area contributed by atoms with Gasteiger partial charge in [0, 0.05) is 26.6 Å². The van der Waals surface area contributed by atoms with Gasteiger partial charge in [0.05, 0.1) is 12.5 Å². The van der Waals surface area contributed by atoms with Crippen molar-refractivity contribution in [1.82, 2.24) is 10.2 Å². The van der Waals surface area contributed by atoms with E-state index in [0.29, 0.717) is 13.1 Å². The summed E-state index contributed by atoms with van der Waals surface area (Å²) in [6.07, 6.45) is 0.316. The molecule has 16 heavy (non-hydrogen) atoms. The van der Waals surface area contributed by atoms with Gasteiger partial charge in [0.2, 0.25) is 0 Å². The molecule has 0 heterocycles. The van der Waals surface area contributed by atoms with Crippen molar-refractivity contribution in [3.63, 3.8) is 0 Å². The lowest BCUT2D eigenvalue weighted by Gasteiger charge is -2.18. The molecule has 2 amide bonds. The maximum absolute atomic E-state index is 11.4. The number of nitriles is 1. The molecule has 0 saturated carbocycles. The number of urea groups is 1. The van der Waals surface area contributed by atoms with E-state index in [-0.39, 0.29) is 24.8 Å². The third-order valence-corrected chi connectivity index (χ3v) is 2.03. The fourth-order valence-electron chi connectivity index (χ4n) is 1.09. The molecule has 6 heteroatoms. The number of carbonyl (C=O) groups excluding carboxylic acids is 1. The largest absolute Gasteiger partial charge is 0.481 e. The summed E-state index contributed by atoms with van der Waals surface area (Å²) in [4.78, 5) is 23.2. The molecule has 0 bridgehead atoms. The minimum absolute atomic E-state index is 0.0300. The van der Waals surface area contributed by atoms with Gasteiger partial charge < -0.3 is 15.3 Å². The van der Waals surface area contributed by atoms with Crippen molar-refractivity contribution in [3.8, 4) is 6.07 Å². The maximum atomic E-state index is 11.4. The molecule has 1 atom stereocenters. The Bertz CT molecular complexity index is 286. The monoisotopic (exact) mass is 227 g/mol. The molecule has 0 spiro atoms. The van der Waals surface area contributed by atoms with Gasteiger partial charge in [-0.3, -0.25) is 4.79 Å². The Hall–Kier alpha value is -1.77. The molecule has 0 aromatic heterocycles. The minimum atomic E-state index is -0.875. The molecular formula is C10H17N3O3. The predicted molar refractivity (Wildman–Crippen MR) is 57.7 cm³/mol. The average molecular weight is 227 g/mol. The summed E-state index contributed by atoms with van der Waals surface area (Å²) in [7, 11) is 1.59. The van der Waals surface area contributed by atoms with Gasteiger partial charge in [-0.1, -0.05) is 6.92 Å². The first-order valence-electron chi connectivity index (χ1n) is 5.05. The van der Waals surface area contributed by atoms with Crippen LogP contribution in [0.15, 0.2) is 0 Å². The molecule has 0 aromatic rings. The van der Waals surface area contributed by atoms with E-state index in [0.717, 1.165) is 0 Å². The molecule has 90 valence electrons. The van der Waals surface area contributed by atoms with Crippen LogP contribution < -0.4 is 5.32 Å². The number of hydrogen-bond donors (Lipinski definition) is 2. The third kappa shape index (κ3) is 6.65. The van der Waals surface area contributed by atoms with Gasteiger partial charge in [-0.2, -0.15) is 5.26 Å². The molecule has 0 radical (unpaired) electrons. The lowest BCUT2D eigenvalue weighted by atomic mass is 10.1. The fraction of sp³-hybridized carbons (Fsp3) is 0.700. The van der Waals surface area contributed by atoms with Crippen molar-refractivity contribution in [3.05, 3.63) is 0 Å². The standard InChI is InChI=1S/C10H17N3O3/c1-8(6-9(14)15)7-12-10(16)13(2)5-3-4-11/h8H,3,5-7H2,1-2H3,(H,12,16)(H,14,15). The van der Waals surface area contributed by atoms with Crippen LogP contribution in [0.25, 0.3) is 0 Å². The highest BCUT2D eigenvalue weighted by atomic mass is 16.4. The second kappa shape index (κ2) is 7.51.